The molecule has 0 aromatic carbocycles. The summed E-state index contributed by atoms with van der Waals surface area (Å²) in [7, 11) is -0.638. The highest BCUT2D eigenvalue weighted by atomic mass is 32.2. The summed E-state index contributed by atoms with van der Waals surface area (Å²) in [6, 6.07) is 3.67. The SMILES string of the molecule is O=C(O)c1ccc(CNC2CCS(=O)CC2)nc1. The van der Waals surface area contributed by atoms with Crippen LogP contribution < -0.4 is 5.32 Å². The molecule has 2 N–H and O–H groups in total. The fourth-order valence-corrected chi connectivity index (χ4v) is 3.20. The molecule has 0 spiro atoms. The van der Waals surface area contributed by atoms with Crippen LogP contribution in [0.25, 0.3) is 0 Å². The van der Waals surface area contributed by atoms with Crippen molar-refractivity contribution in [1.82, 2.24) is 10.3 Å². The largest absolute Gasteiger partial charge is 0.478 e. The number of carbonyl (C=O) groups is 1. The summed E-state index contributed by atoms with van der Waals surface area (Å²) in [5.74, 6) is 0.572. The average molecular weight is 268 g/mol. The number of carboxylic acid groups (broad SMARTS) is 1. The van der Waals surface area contributed by atoms with E-state index in [0.29, 0.717) is 12.6 Å². The predicted octanol–water partition coefficient (Wildman–Crippen LogP) is 0.780. The van der Waals surface area contributed by atoms with E-state index >= 15 is 0 Å². The highest BCUT2D eigenvalue weighted by Crippen LogP contribution is 2.10. The van der Waals surface area contributed by atoms with Crippen molar-refractivity contribution in [2.75, 3.05) is 11.5 Å². The van der Waals surface area contributed by atoms with E-state index < -0.39 is 16.8 Å². The van der Waals surface area contributed by atoms with Crippen molar-refractivity contribution in [3.63, 3.8) is 0 Å². The van der Waals surface area contributed by atoms with Gasteiger partial charge in [0.2, 0.25) is 0 Å². The third kappa shape index (κ3) is 3.61. The summed E-state index contributed by atoms with van der Waals surface area (Å²) in [6.45, 7) is 0.622. The molecule has 18 heavy (non-hydrogen) atoms. The molecule has 6 heteroatoms. The van der Waals surface area contributed by atoms with Crippen LogP contribution >= 0.6 is 0 Å². The van der Waals surface area contributed by atoms with Crippen LogP contribution in [0.15, 0.2) is 18.3 Å². The Morgan fingerprint density at radius 2 is 2.17 bits per heavy atom. The molecule has 1 aromatic rings. The van der Waals surface area contributed by atoms with Gasteiger partial charge in [-0.1, -0.05) is 0 Å². The molecule has 1 aromatic heterocycles. The molecule has 0 unspecified atom stereocenters. The highest BCUT2D eigenvalue weighted by Gasteiger charge is 2.17. The maximum Gasteiger partial charge on any atom is 0.337 e. The molecule has 1 aliphatic heterocycles. The zero-order valence-corrected chi connectivity index (χ0v) is 10.8. The van der Waals surface area contributed by atoms with Gasteiger partial charge >= 0.3 is 5.97 Å². The van der Waals surface area contributed by atoms with E-state index in [1.165, 1.54) is 6.20 Å². The maximum atomic E-state index is 11.2. The first-order valence-electron chi connectivity index (χ1n) is 5.92. The lowest BCUT2D eigenvalue weighted by Gasteiger charge is -2.22. The lowest BCUT2D eigenvalue weighted by atomic mass is 10.1. The minimum Gasteiger partial charge on any atom is -0.478 e. The van der Waals surface area contributed by atoms with Crippen molar-refractivity contribution < 1.29 is 14.1 Å². The van der Waals surface area contributed by atoms with Crippen LogP contribution in [-0.4, -0.2) is 37.8 Å². The number of hydrogen-bond acceptors (Lipinski definition) is 4. The number of aromatic carboxylic acids is 1. The Bertz CT molecular complexity index is 437. The molecule has 0 amide bonds. The summed E-state index contributed by atoms with van der Waals surface area (Å²) in [5.41, 5.74) is 1.03. The van der Waals surface area contributed by atoms with Gasteiger partial charge in [0, 0.05) is 41.1 Å². The van der Waals surface area contributed by atoms with Crippen LogP contribution in [-0.2, 0) is 17.3 Å². The van der Waals surface area contributed by atoms with Crippen molar-refractivity contribution in [3.8, 4) is 0 Å². The Morgan fingerprint density at radius 3 is 2.72 bits per heavy atom. The molecule has 2 rings (SSSR count). The van der Waals surface area contributed by atoms with Crippen LogP contribution in [0.4, 0.5) is 0 Å². The normalized spacial score (nSPS) is 23.8. The van der Waals surface area contributed by atoms with Gasteiger partial charge in [0.1, 0.15) is 0 Å². The zero-order valence-electron chi connectivity index (χ0n) is 9.96. The van der Waals surface area contributed by atoms with Gasteiger partial charge in [-0.05, 0) is 25.0 Å². The number of aromatic nitrogens is 1. The molecule has 0 radical (unpaired) electrons. The Hall–Kier alpha value is -1.27. The van der Waals surface area contributed by atoms with Gasteiger partial charge in [-0.25, -0.2) is 4.79 Å². The summed E-state index contributed by atoms with van der Waals surface area (Å²) in [5, 5.41) is 12.1. The topological polar surface area (TPSA) is 79.3 Å². The maximum absolute atomic E-state index is 11.2. The van der Waals surface area contributed by atoms with E-state index in [9.17, 15) is 9.00 Å². The Morgan fingerprint density at radius 1 is 1.44 bits per heavy atom. The molecular formula is C12H16N2O3S. The van der Waals surface area contributed by atoms with Crippen LogP contribution in [0, 0.1) is 0 Å². The van der Waals surface area contributed by atoms with Crippen LogP contribution in [0.3, 0.4) is 0 Å². The molecule has 1 fully saturated rings. The molecule has 1 aliphatic rings. The fraction of sp³-hybridized carbons (Fsp3) is 0.500. The standard InChI is InChI=1S/C12H16N2O3S/c15-12(16)9-1-2-11(13-7-9)8-14-10-3-5-18(17)6-4-10/h1-2,7,10,14H,3-6,8H2,(H,15,16). The number of nitrogens with one attached hydrogen (secondary N) is 1. The van der Waals surface area contributed by atoms with Crippen LogP contribution in [0.2, 0.25) is 0 Å². The van der Waals surface area contributed by atoms with E-state index in [2.05, 4.69) is 10.3 Å². The third-order valence-electron chi connectivity index (χ3n) is 3.03. The summed E-state index contributed by atoms with van der Waals surface area (Å²) >= 11 is 0. The molecule has 0 aliphatic carbocycles. The first kappa shape index (κ1) is 13.2. The first-order valence-corrected chi connectivity index (χ1v) is 7.40. The van der Waals surface area contributed by atoms with Crippen LogP contribution in [0.1, 0.15) is 28.9 Å². The molecule has 0 atom stereocenters. The molecule has 0 bridgehead atoms. The third-order valence-corrected chi connectivity index (χ3v) is 4.41. The van der Waals surface area contributed by atoms with Gasteiger partial charge in [-0.3, -0.25) is 9.19 Å². The number of rotatable bonds is 4. The van der Waals surface area contributed by atoms with E-state index in [1.807, 2.05) is 0 Å². The fourth-order valence-electron chi connectivity index (χ4n) is 1.90. The van der Waals surface area contributed by atoms with Crippen molar-refractivity contribution >= 4 is 16.8 Å². The van der Waals surface area contributed by atoms with Gasteiger partial charge in [0.05, 0.1) is 11.3 Å². The van der Waals surface area contributed by atoms with Gasteiger partial charge in [0.25, 0.3) is 0 Å². The minimum atomic E-state index is -0.961. The van der Waals surface area contributed by atoms with E-state index in [1.54, 1.807) is 12.1 Å². The van der Waals surface area contributed by atoms with E-state index in [-0.39, 0.29) is 5.56 Å². The summed E-state index contributed by atoms with van der Waals surface area (Å²) in [6.07, 6.45) is 3.23. The Labute approximate surface area is 108 Å². The zero-order chi connectivity index (χ0) is 13.0. The van der Waals surface area contributed by atoms with E-state index in [0.717, 1.165) is 30.0 Å². The second-order valence-electron chi connectivity index (χ2n) is 4.35. The molecule has 98 valence electrons. The monoisotopic (exact) mass is 268 g/mol. The van der Waals surface area contributed by atoms with Crippen molar-refractivity contribution in [2.24, 2.45) is 0 Å². The second kappa shape index (κ2) is 6.06. The average Bonchev–Trinajstić information content (AvgIpc) is 2.38. The summed E-state index contributed by atoms with van der Waals surface area (Å²) < 4.78 is 11.2. The van der Waals surface area contributed by atoms with Crippen molar-refractivity contribution in [1.29, 1.82) is 0 Å². The lowest BCUT2D eigenvalue weighted by molar-refractivity contribution is 0.0696. The number of nitrogens with zero attached hydrogens (tertiary/aromatic N) is 1. The molecular weight excluding hydrogens is 252 g/mol. The van der Waals surface area contributed by atoms with Gasteiger partial charge < -0.3 is 10.4 Å². The quantitative estimate of drug-likeness (QED) is 0.843. The molecule has 2 heterocycles. The van der Waals surface area contributed by atoms with Crippen LogP contribution in [0.5, 0.6) is 0 Å². The van der Waals surface area contributed by atoms with Gasteiger partial charge in [-0.15, -0.1) is 0 Å². The summed E-state index contributed by atoms with van der Waals surface area (Å²) in [4.78, 5) is 14.8. The number of carboxylic acids is 1. The predicted molar refractivity (Wildman–Crippen MR) is 68.9 cm³/mol. The Kier molecular flexibility index (Phi) is 4.43. The first-order chi connectivity index (χ1) is 8.65. The minimum absolute atomic E-state index is 0.201. The van der Waals surface area contributed by atoms with Crippen molar-refractivity contribution in [3.05, 3.63) is 29.6 Å². The smallest absolute Gasteiger partial charge is 0.337 e. The van der Waals surface area contributed by atoms with Gasteiger partial charge in [-0.2, -0.15) is 0 Å². The Balaban J connectivity index is 1.83. The number of hydrogen-bond donors (Lipinski definition) is 2. The number of pyridine rings is 1. The van der Waals surface area contributed by atoms with Gasteiger partial charge in [0.15, 0.2) is 0 Å². The highest BCUT2D eigenvalue weighted by molar-refractivity contribution is 7.85. The molecule has 5 nitrogen and oxygen atoms in total. The van der Waals surface area contributed by atoms with Crippen molar-refractivity contribution in [2.45, 2.75) is 25.4 Å². The molecule has 0 saturated carbocycles. The lowest BCUT2D eigenvalue weighted by Crippen LogP contribution is -2.35. The second-order valence-corrected chi connectivity index (χ2v) is 6.04. The van der Waals surface area contributed by atoms with E-state index in [4.69, 9.17) is 5.11 Å². The molecule has 1 saturated heterocycles.